The maximum Gasteiger partial charge on any atom is 0.0587 e. The average molecular weight is 292 g/mol. The van der Waals surface area contributed by atoms with Gasteiger partial charge in [0.1, 0.15) is 0 Å². The summed E-state index contributed by atoms with van der Waals surface area (Å²) in [5.41, 5.74) is 15.8. The molecule has 4 N–H and O–H groups in total. The van der Waals surface area contributed by atoms with Crippen LogP contribution in [0, 0.1) is 6.92 Å². The second kappa shape index (κ2) is 4.85. The van der Waals surface area contributed by atoms with Crippen LogP contribution in [-0.4, -0.2) is 4.98 Å². The molecule has 0 saturated heterocycles. The lowest BCUT2D eigenvalue weighted by molar-refractivity contribution is 0.865. The highest BCUT2D eigenvalue weighted by molar-refractivity contribution is 9.10. The maximum absolute atomic E-state index is 6.20. The number of benzene rings is 1. The number of aryl methyl sites for hydroxylation is 1. The van der Waals surface area contributed by atoms with Gasteiger partial charge in [-0.2, -0.15) is 0 Å². The van der Waals surface area contributed by atoms with Gasteiger partial charge < -0.3 is 11.5 Å². The number of anilines is 1. The number of hydrogen-bond donors (Lipinski definition) is 2. The number of aromatic nitrogens is 1. The van der Waals surface area contributed by atoms with E-state index in [1.807, 2.05) is 25.1 Å². The Kier molecular flexibility index (Phi) is 3.45. The fraction of sp³-hybridized carbons (Fsp3) is 0.154. The number of nitrogens with zero attached hydrogens (tertiary/aromatic N) is 1. The van der Waals surface area contributed by atoms with Crippen molar-refractivity contribution in [1.82, 2.24) is 4.98 Å². The number of hydrogen-bond acceptors (Lipinski definition) is 3. The minimum atomic E-state index is -0.249. The van der Waals surface area contributed by atoms with Crippen molar-refractivity contribution in [3.05, 3.63) is 57.8 Å². The van der Waals surface area contributed by atoms with Gasteiger partial charge in [-0.25, -0.2) is 0 Å². The molecule has 1 unspecified atom stereocenters. The van der Waals surface area contributed by atoms with E-state index in [9.17, 15) is 0 Å². The molecule has 0 bridgehead atoms. The number of rotatable bonds is 2. The van der Waals surface area contributed by atoms with Crippen molar-refractivity contribution in [3.8, 4) is 0 Å². The summed E-state index contributed by atoms with van der Waals surface area (Å²) in [5, 5.41) is 0. The van der Waals surface area contributed by atoms with Crippen LogP contribution in [0.5, 0.6) is 0 Å². The van der Waals surface area contributed by atoms with Gasteiger partial charge in [-0.05, 0) is 30.2 Å². The van der Waals surface area contributed by atoms with E-state index >= 15 is 0 Å². The van der Waals surface area contributed by atoms with Crippen molar-refractivity contribution in [2.45, 2.75) is 13.0 Å². The first-order valence-corrected chi connectivity index (χ1v) is 6.10. The summed E-state index contributed by atoms with van der Waals surface area (Å²) >= 11 is 3.50. The Labute approximate surface area is 109 Å². The van der Waals surface area contributed by atoms with E-state index in [0.29, 0.717) is 5.69 Å². The highest BCUT2D eigenvalue weighted by Crippen LogP contribution is 2.27. The number of halogens is 1. The summed E-state index contributed by atoms with van der Waals surface area (Å²) < 4.78 is 1.05. The quantitative estimate of drug-likeness (QED) is 0.894. The SMILES string of the molecule is Cc1ccc(C(N)c2cnccc2N)cc1Br. The summed E-state index contributed by atoms with van der Waals surface area (Å²) in [6, 6.07) is 7.58. The minimum Gasteiger partial charge on any atom is -0.398 e. The summed E-state index contributed by atoms with van der Waals surface area (Å²) in [5.74, 6) is 0. The van der Waals surface area contributed by atoms with E-state index in [4.69, 9.17) is 11.5 Å². The molecule has 0 aliphatic carbocycles. The smallest absolute Gasteiger partial charge is 0.0587 e. The van der Waals surface area contributed by atoms with Crippen LogP contribution in [0.25, 0.3) is 0 Å². The lowest BCUT2D eigenvalue weighted by Crippen LogP contribution is -2.14. The molecule has 4 heteroatoms. The van der Waals surface area contributed by atoms with Crippen molar-refractivity contribution in [2.75, 3.05) is 5.73 Å². The molecular weight excluding hydrogens is 278 g/mol. The van der Waals surface area contributed by atoms with E-state index in [2.05, 4.69) is 20.9 Å². The molecule has 1 aromatic heterocycles. The predicted octanol–water partition coefficient (Wildman–Crippen LogP) is 2.78. The van der Waals surface area contributed by atoms with Crippen molar-refractivity contribution in [3.63, 3.8) is 0 Å². The van der Waals surface area contributed by atoms with Crippen molar-refractivity contribution in [1.29, 1.82) is 0 Å². The molecule has 0 spiro atoms. The minimum absolute atomic E-state index is 0.249. The van der Waals surface area contributed by atoms with E-state index in [0.717, 1.165) is 15.6 Å². The summed E-state index contributed by atoms with van der Waals surface area (Å²) in [6.45, 7) is 2.04. The lowest BCUT2D eigenvalue weighted by atomic mass is 9.99. The van der Waals surface area contributed by atoms with Crippen LogP contribution in [0.2, 0.25) is 0 Å². The average Bonchev–Trinajstić information content (AvgIpc) is 2.32. The van der Waals surface area contributed by atoms with Crippen molar-refractivity contribution in [2.24, 2.45) is 5.73 Å². The van der Waals surface area contributed by atoms with Gasteiger partial charge in [-0.15, -0.1) is 0 Å². The summed E-state index contributed by atoms with van der Waals surface area (Å²) in [7, 11) is 0. The van der Waals surface area contributed by atoms with Gasteiger partial charge in [-0.1, -0.05) is 28.1 Å². The predicted molar refractivity (Wildman–Crippen MR) is 73.6 cm³/mol. The van der Waals surface area contributed by atoms with Crippen LogP contribution in [0.4, 0.5) is 5.69 Å². The highest BCUT2D eigenvalue weighted by atomic mass is 79.9. The van der Waals surface area contributed by atoms with Crippen molar-refractivity contribution < 1.29 is 0 Å². The molecule has 0 saturated carbocycles. The molecule has 88 valence electrons. The van der Waals surface area contributed by atoms with Crippen LogP contribution in [0.1, 0.15) is 22.7 Å². The van der Waals surface area contributed by atoms with Crippen LogP contribution < -0.4 is 11.5 Å². The topological polar surface area (TPSA) is 64.9 Å². The second-order valence-electron chi connectivity index (χ2n) is 3.99. The second-order valence-corrected chi connectivity index (χ2v) is 4.85. The third-order valence-corrected chi connectivity index (χ3v) is 3.63. The van der Waals surface area contributed by atoms with Gasteiger partial charge in [0, 0.05) is 28.1 Å². The molecule has 1 atom stereocenters. The Balaban J connectivity index is 2.40. The molecule has 0 aliphatic heterocycles. The van der Waals surface area contributed by atoms with E-state index in [-0.39, 0.29) is 6.04 Å². The first kappa shape index (κ1) is 12.1. The molecular formula is C13H14BrN3. The van der Waals surface area contributed by atoms with E-state index < -0.39 is 0 Å². The Morgan fingerprint density at radius 2 is 2.06 bits per heavy atom. The molecule has 17 heavy (non-hydrogen) atoms. The largest absolute Gasteiger partial charge is 0.398 e. The number of nitrogens with two attached hydrogens (primary N) is 2. The molecule has 1 heterocycles. The highest BCUT2D eigenvalue weighted by Gasteiger charge is 2.12. The number of nitrogen functional groups attached to an aromatic ring is 1. The fourth-order valence-electron chi connectivity index (χ4n) is 1.66. The van der Waals surface area contributed by atoms with Gasteiger partial charge in [0.2, 0.25) is 0 Å². The van der Waals surface area contributed by atoms with E-state index in [1.165, 1.54) is 5.56 Å². The molecule has 0 fully saturated rings. The van der Waals surface area contributed by atoms with Gasteiger partial charge in [-0.3, -0.25) is 4.98 Å². The van der Waals surface area contributed by atoms with Crippen LogP contribution >= 0.6 is 15.9 Å². The molecule has 2 rings (SSSR count). The third-order valence-electron chi connectivity index (χ3n) is 2.78. The van der Waals surface area contributed by atoms with Gasteiger partial charge in [0.15, 0.2) is 0 Å². The molecule has 2 aromatic rings. The Morgan fingerprint density at radius 1 is 1.29 bits per heavy atom. The summed E-state index contributed by atoms with van der Waals surface area (Å²) in [4.78, 5) is 4.06. The zero-order valence-electron chi connectivity index (χ0n) is 9.52. The van der Waals surface area contributed by atoms with E-state index in [1.54, 1.807) is 18.5 Å². The zero-order valence-corrected chi connectivity index (χ0v) is 11.1. The monoisotopic (exact) mass is 291 g/mol. The third kappa shape index (κ3) is 2.48. The first-order chi connectivity index (χ1) is 8.09. The fourth-order valence-corrected chi connectivity index (χ4v) is 2.06. The molecule has 0 aliphatic rings. The Morgan fingerprint density at radius 3 is 2.71 bits per heavy atom. The van der Waals surface area contributed by atoms with Gasteiger partial charge in [0.25, 0.3) is 0 Å². The normalized spacial score (nSPS) is 12.4. The molecule has 0 radical (unpaired) electrons. The maximum atomic E-state index is 6.20. The standard InChI is InChI=1S/C13H14BrN3/c1-8-2-3-9(6-11(8)14)13(16)10-7-17-5-4-12(10)15/h2-7,13H,16H2,1H3,(H2,15,17). The molecule has 3 nitrogen and oxygen atoms in total. The lowest BCUT2D eigenvalue weighted by Gasteiger charge is -2.15. The Hall–Kier alpha value is -1.39. The number of pyridine rings is 1. The van der Waals surface area contributed by atoms with Gasteiger partial charge >= 0.3 is 0 Å². The van der Waals surface area contributed by atoms with Crippen LogP contribution in [0.15, 0.2) is 41.1 Å². The van der Waals surface area contributed by atoms with Crippen molar-refractivity contribution >= 4 is 21.6 Å². The molecule has 1 aromatic carbocycles. The van der Waals surface area contributed by atoms with Crippen LogP contribution in [-0.2, 0) is 0 Å². The van der Waals surface area contributed by atoms with Gasteiger partial charge in [0.05, 0.1) is 6.04 Å². The summed E-state index contributed by atoms with van der Waals surface area (Å²) in [6.07, 6.45) is 3.38. The molecule has 0 amide bonds. The zero-order chi connectivity index (χ0) is 12.4. The van der Waals surface area contributed by atoms with Crippen LogP contribution in [0.3, 0.4) is 0 Å². The Bertz CT molecular complexity index is 540. The first-order valence-electron chi connectivity index (χ1n) is 5.30.